The van der Waals surface area contributed by atoms with Gasteiger partial charge in [-0.25, -0.2) is 9.97 Å². The SMILES string of the molecule is CCc1nc([C@H]2CN(C(=O)Cc3cn4ccsc4n3)CCO2)n[nH]1. The Bertz CT molecular complexity index is 825. The van der Waals surface area contributed by atoms with Crippen LogP contribution >= 0.6 is 11.3 Å². The number of carbonyl (C=O) groups excluding carboxylic acids is 1. The highest BCUT2D eigenvalue weighted by atomic mass is 32.1. The number of aromatic amines is 1. The Balaban J connectivity index is 1.43. The molecule has 0 saturated carbocycles. The number of nitrogens with one attached hydrogen (secondary N) is 1. The van der Waals surface area contributed by atoms with Crippen molar-refractivity contribution in [3.05, 3.63) is 35.1 Å². The van der Waals surface area contributed by atoms with E-state index in [1.54, 1.807) is 11.3 Å². The van der Waals surface area contributed by atoms with E-state index in [1.165, 1.54) is 0 Å². The highest BCUT2D eigenvalue weighted by Crippen LogP contribution is 2.20. The summed E-state index contributed by atoms with van der Waals surface area (Å²) in [7, 11) is 0. The standard InChI is InChI=1S/C15H18N6O2S/c1-2-12-17-14(19-18-12)11-9-20(3-5-23-11)13(22)7-10-8-21-4-6-24-15(21)16-10/h4,6,8,11H,2-3,5,7,9H2,1H3,(H,17,18,19)/t11-/m1/s1. The Labute approximate surface area is 142 Å². The lowest BCUT2D eigenvalue weighted by Gasteiger charge is -2.31. The first kappa shape index (κ1) is 15.3. The second-order valence-electron chi connectivity index (χ2n) is 5.69. The van der Waals surface area contributed by atoms with Crippen molar-refractivity contribution in [2.45, 2.75) is 25.9 Å². The molecule has 1 atom stereocenters. The van der Waals surface area contributed by atoms with Gasteiger partial charge in [0.25, 0.3) is 0 Å². The second-order valence-corrected chi connectivity index (χ2v) is 6.57. The van der Waals surface area contributed by atoms with Crippen LogP contribution in [0.4, 0.5) is 0 Å². The number of carbonyl (C=O) groups is 1. The summed E-state index contributed by atoms with van der Waals surface area (Å²) in [5, 5.41) is 9.06. The quantitative estimate of drug-likeness (QED) is 0.767. The summed E-state index contributed by atoms with van der Waals surface area (Å²) in [5.74, 6) is 1.50. The maximum atomic E-state index is 12.6. The maximum absolute atomic E-state index is 12.6. The first-order chi connectivity index (χ1) is 11.7. The van der Waals surface area contributed by atoms with Crippen LogP contribution in [0.15, 0.2) is 17.8 Å². The number of fused-ring (bicyclic) bond motifs is 1. The summed E-state index contributed by atoms with van der Waals surface area (Å²) in [5.41, 5.74) is 0.793. The first-order valence-electron chi connectivity index (χ1n) is 7.94. The number of nitrogens with zero attached hydrogens (tertiary/aromatic N) is 5. The molecule has 126 valence electrons. The Hall–Kier alpha value is -2.26. The molecule has 0 unspecified atom stereocenters. The fourth-order valence-electron chi connectivity index (χ4n) is 2.77. The predicted molar refractivity (Wildman–Crippen MR) is 87.8 cm³/mol. The van der Waals surface area contributed by atoms with E-state index in [4.69, 9.17) is 4.74 Å². The lowest BCUT2D eigenvalue weighted by molar-refractivity contribution is -0.138. The van der Waals surface area contributed by atoms with Crippen molar-refractivity contribution >= 4 is 22.2 Å². The zero-order valence-electron chi connectivity index (χ0n) is 13.3. The summed E-state index contributed by atoms with van der Waals surface area (Å²) in [6.07, 6.45) is 4.67. The number of aromatic nitrogens is 5. The summed E-state index contributed by atoms with van der Waals surface area (Å²) in [6.45, 7) is 3.56. The molecule has 4 heterocycles. The molecule has 1 aliphatic heterocycles. The minimum absolute atomic E-state index is 0.0558. The van der Waals surface area contributed by atoms with Gasteiger partial charge in [0.1, 0.15) is 11.9 Å². The van der Waals surface area contributed by atoms with Gasteiger partial charge in [0, 0.05) is 30.7 Å². The lowest BCUT2D eigenvalue weighted by atomic mass is 10.2. The van der Waals surface area contributed by atoms with Crippen LogP contribution in [0.25, 0.3) is 4.96 Å². The van der Waals surface area contributed by atoms with Gasteiger partial charge in [-0.1, -0.05) is 6.92 Å². The van der Waals surface area contributed by atoms with Gasteiger partial charge in [0.2, 0.25) is 5.91 Å². The van der Waals surface area contributed by atoms with Gasteiger partial charge in [0.15, 0.2) is 10.8 Å². The zero-order valence-corrected chi connectivity index (χ0v) is 14.1. The third-order valence-corrected chi connectivity index (χ3v) is 4.84. The van der Waals surface area contributed by atoms with Gasteiger partial charge in [-0.3, -0.25) is 14.3 Å². The van der Waals surface area contributed by atoms with Crippen LogP contribution < -0.4 is 0 Å². The van der Waals surface area contributed by atoms with Crippen LogP contribution in [-0.4, -0.2) is 55.1 Å². The maximum Gasteiger partial charge on any atom is 0.228 e. The van der Waals surface area contributed by atoms with Gasteiger partial charge in [0.05, 0.1) is 25.3 Å². The lowest BCUT2D eigenvalue weighted by Crippen LogP contribution is -2.43. The van der Waals surface area contributed by atoms with Gasteiger partial charge < -0.3 is 9.64 Å². The van der Waals surface area contributed by atoms with Crippen molar-refractivity contribution in [1.82, 2.24) is 29.5 Å². The molecule has 1 amide bonds. The number of amides is 1. The molecule has 0 spiro atoms. The van der Waals surface area contributed by atoms with Crippen molar-refractivity contribution in [3.8, 4) is 0 Å². The molecule has 24 heavy (non-hydrogen) atoms. The van der Waals surface area contributed by atoms with E-state index in [0.29, 0.717) is 31.9 Å². The highest BCUT2D eigenvalue weighted by Gasteiger charge is 2.28. The van der Waals surface area contributed by atoms with Gasteiger partial charge in [-0.05, 0) is 0 Å². The third-order valence-electron chi connectivity index (χ3n) is 4.07. The summed E-state index contributed by atoms with van der Waals surface area (Å²) < 4.78 is 7.67. The van der Waals surface area contributed by atoms with Crippen LogP contribution in [0.2, 0.25) is 0 Å². The largest absolute Gasteiger partial charge is 0.366 e. The molecular formula is C15H18N6O2S. The fraction of sp³-hybridized carbons (Fsp3) is 0.467. The number of rotatable bonds is 4. The predicted octanol–water partition coefficient (Wildman–Crippen LogP) is 1.22. The zero-order chi connectivity index (χ0) is 16.5. The second kappa shape index (κ2) is 6.33. The highest BCUT2D eigenvalue weighted by molar-refractivity contribution is 7.15. The number of imidazole rings is 1. The minimum atomic E-state index is -0.273. The molecule has 8 nitrogen and oxygen atoms in total. The first-order valence-corrected chi connectivity index (χ1v) is 8.82. The van der Waals surface area contributed by atoms with Gasteiger partial charge in [-0.15, -0.1) is 11.3 Å². The van der Waals surface area contributed by atoms with Crippen LogP contribution in [0.3, 0.4) is 0 Å². The molecule has 3 aromatic rings. The molecule has 0 aliphatic carbocycles. The number of hydrogen-bond donors (Lipinski definition) is 1. The van der Waals surface area contributed by atoms with E-state index in [2.05, 4.69) is 20.2 Å². The van der Waals surface area contributed by atoms with Crippen molar-refractivity contribution in [3.63, 3.8) is 0 Å². The number of morpholine rings is 1. The smallest absolute Gasteiger partial charge is 0.228 e. The van der Waals surface area contributed by atoms with Crippen LogP contribution in [-0.2, 0) is 22.4 Å². The molecular weight excluding hydrogens is 328 g/mol. The van der Waals surface area contributed by atoms with E-state index in [9.17, 15) is 4.79 Å². The van der Waals surface area contributed by atoms with E-state index in [1.807, 2.05) is 34.0 Å². The average molecular weight is 346 g/mol. The summed E-state index contributed by atoms with van der Waals surface area (Å²) >= 11 is 1.56. The fourth-order valence-corrected chi connectivity index (χ4v) is 3.49. The van der Waals surface area contributed by atoms with Crippen LogP contribution in [0.1, 0.15) is 30.4 Å². The molecule has 1 N–H and O–H groups in total. The molecule has 4 rings (SSSR count). The Kier molecular flexibility index (Phi) is 4.03. The number of aryl methyl sites for hydroxylation is 1. The topological polar surface area (TPSA) is 88.4 Å². The molecule has 3 aromatic heterocycles. The number of H-pyrrole nitrogens is 1. The molecule has 9 heteroatoms. The molecule has 0 aromatic carbocycles. The number of hydrogen-bond acceptors (Lipinski definition) is 6. The van der Waals surface area contributed by atoms with E-state index >= 15 is 0 Å². The van der Waals surface area contributed by atoms with Crippen molar-refractivity contribution < 1.29 is 9.53 Å². The van der Waals surface area contributed by atoms with Crippen molar-refractivity contribution in [1.29, 1.82) is 0 Å². The molecule has 1 fully saturated rings. The Morgan fingerprint density at radius 1 is 1.50 bits per heavy atom. The third kappa shape index (κ3) is 2.92. The molecule has 0 bridgehead atoms. The monoisotopic (exact) mass is 346 g/mol. The Morgan fingerprint density at radius 3 is 3.21 bits per heavy atom. The summed E-state index contributed by atoms with van der Waals surface area (Å²) in [6, 6.07) is 0. The van der Waals surface area contributed by atoms with E-state index < -0.39 is 0 Å². The van der Waals surface area contributed by atoms with E-state index in [0.717, 1.165) is 22.9 Å². The Morgan fingerprint density at radius 2 is 2.42 bits per heavy atom. The van der Waals surface area contributed by atoms with Crippen LogP contribution in [0, 0.1) is 0 Å². The average Bonchev–Trinajstić information content (AvgIpc) is 3.30. The van der Waals surface area contributed by atoms with Crippen molar-refractivity contribution in [2.24, 2.45) is 0 Å². The molecule has 1 saturated heterocycles. The van der Waals surface area contributed by atoms with Crippen molar-refractivity contribution in [2.75, 3.05) is 19.7 Å². The molecule has 1 aliphatic rings. The normalized spacial score (nSPS) is 18.4. The van der Waals surface area contributed by atoms with E-state index in [-0.39, 0.29) is 12.0 Å². The molecule has 0 radical (unpaired) electrons. The number of ether oxygens (including phenoxy) is 1. The minimum Gasteiger partial charge on any atom is -0.366 e. The summed E-state index contributed by atoms with van der Waals surface area (Å²) in [4.78, 5) is 24.2. The van der Waals surface area contributed by atoms with Gasteiger partial charge >= 0.3 is 0 Å². The van der Waals surface area contributed by atoms with Crippen LogP contribution in [0.5, 0.6) is 0 Å². The van der Waals surface area contributed by atoms with Gasteiger partial charge in [-0.2, -0.15) is 5.10 Å². The number of thiazole rings is 1.